The molecule has 0 aromatic heterocycles. The normalized spacial score (nSPS) is 30.7. The molecule has 0 radical (unpaired) electrons. The fourth-order valence-electron chi connectivity index (χ4n) is 3.82. The van der Waals surface area contributed by atoms with E-state index in [-0.39, 0.29) is 0 Å². The smallest absolute Gasteiger partial charge is 0.0345 e. The maximum absolute atomic E-state index is 3.80. The van der Waals surface area contributed by atoms with Crippen molar-refractivity contribution in [2.75, 3.05) is 11.9 Å². The highest BCUT2D eigenvalue weighted by molar-refractivity contribution is 5.47. The lowest BCUT2D eigenvalue weighted by Crippen LogP contribution is -2.38. The van der Waals surface area contributed by atoms with Gasteiger partial charge in [-0.3, -0.25) is 0 Å². The van der Waals surface area contributed by atoms with Crippen molar-refractivity contribution in [1.82, 2.24) is 5.32 Å². The Hall–Kier alpha value is -1.02. The van der Waals surface area contributed by atoms with Crippen molar-refractivity contribution in [2.45, 2.75) is 57.5 Å². The van der Waals surface area contributed by atoms with Gasteiger partial charge in [0.05, 0.1) is 0 Å². The van der Waals surface area contributed by atoms with E-state index >= 15 is 0 Å². The second-order valence-corrected chi connectivity index (χ2v) is 6.10. The predicted octanol–water partition coefficient (Wildman–Crippen LogP) is 3.58. The molecule has 1 aromatic rings. The minimum absolute atomic E-state index is 0.669. The summed E-state index contributed by atoms with van der Waals surface area (Å²) in [5.41, 5.74) is 2.74. The van der Waals surface area contributed by atoms with Crippen LogP contribution in [0.2, 0.25) is 0 Å². The van der Waals surface area contributed by atoms with Crippen LogP contribution in [0.1, 0.15) is 44.6 Å². The predicted molar refractivity (Wildman–Crippen MR) is 81.6 cm³/mol. The molecule has 1 aliphatic carbocycles. The minimum atomic E-state index is 0.669. The summed E-state index contributed by atoms with van der Waals surface area (Å²) in [5.74, 6) is 0.827. The van der Waals surface area contributed by atoms with Crippen molar-refractivity contribution in [1.29, 1.82) is 0 Å². The lowest BCUT2D eigenvalue weighted by Gasteiger charge is -2.27. The first kappa shape index (κ1) is 13.0. The summed E-state index contributed by atoms with van der Waals surface area (Å²) in [6.45, 7) is 3.44. The Morgan fingerprint density at radius 1 is 1.21 bits per heavy atom. The van der Waals surface area contributed by atoms with Crippen molar-refractivity contribution in [2.24, 2.45) is 5.92 Å². The van der Waals surface area contributed by atoms with Gasteiger partial charge in [0, 0.05) is 17.8 Å². The van der Waals surface area contributed by atoms with Gasteiger partial charge in [0.1, 0.15) is 0 Å². The number of benzene rings is 1. The van der Waals surface area contributed by atoms with Gasteiger partial charge in [0.15, 0.2) is 0 Å². The first-order valence-electron chi connectivity index (χ1n) is 7.95. The Balaban J connectivity index is 1.67. The summed E-state index contributed by atoms with van der Waals surface area (Å²) in [5, 5.41) is 7.50. The number of rotatable bonds is 4. The van der Waals surface area contributed by atoms with Crippen LogP contribution in [0.25, 0.3) is 0 Å². The molecule has 3 unspecified atom stereocenters. The lowest BCUT2D eigenvalue weighted by molar-refractivity contribution is 0.376. The first-order chi connectivity index (χ1) is 9.36. The largest absolute Gasteiger partial charge is 0.382 e. The summed E-state index contributed by atoms with van der Waals surface area (Å²) >= 11 is 0. The Bertz CT molecular complexity index is 409. The molecule has 2 nitrogen and oxygen atoms in total. The van der Waals surface area contributed by atoms with Crippen molar-refractivity contribution < 1.29 is 0 Å². The van der Waals surface area contributed by atoms with E-state index in [2.05, 4.69) is 41.8 Å². The molecule has 1 aliphatic heterocycles. The van der Waals surface area contributed by atoms with Gasteiger partial charge in [-0.25, -0.2) is 0 Å². The van der Waals surface area contributed by atoms with E-state index in [1.165, 1.54) is 49.9 Å². The Morgan fingerprint density at radius 2 is 2.16 bits per heavy atom. The molecular formula is C17H26N2. The molecule has 3 rings (SSSR count). The molecule has 1 heterocycles. The molecule has 3 atom stereocenters. The average molecular weight is 258 g/mol. The summed E-state index contributed by atoms with van der Waals surface area (Å²) in [6, 6.07) is 10.4. The van der Waals surface area contributed by atoms with Gasteiger partial charge in [0.25, 0.3) is 0 Å². The van der Waals surface area contributed by atoms with Crippen LogP contribution in [-0.2, 0) is 6.42 Å². The van der Waals surface area contributed by atoms with Crippen LogP contribution >= 0.6 is 0 Å². The number of hydrogen-bond acceptors (Lipinski definition) is 2. The molecule has 2 fully saturated rings. The van der Waals surface area contributed by atoms with E-state index < -0.39 is 0 Å². The number of anilines is 1. The van der Waals surface area contributed by atoms with Crippen LogP contribution < -0.4 is 10.6 Å². The number of aryl methyl sites for hydroxylation is 1. The maximum atomic E-state index is 3.80. The molecule has 0 amide bonds. The number of hydrogen-bond donors (Lipinski definition) is 2. The zero-order valence-electron chi connectivity index (χ0n) is 12.0. The molecule has 104 valence electrons. The van der Waals surface area contributed by atoms with Crippen LogP contribution in [0.15, 0.2) is 24.3 Å². The highest BCUT2D eigenvalue weighted by Gasteiger charge is 2.34. The fraction of sp³-hybridized carbons (Fsp3) is 0.647. The van der Waals surface area contributed by atoms with Gasteiger partial charge < -0.3 is 10.6 Å². The third-order valence-electron chi connectivity index (χ3n) is 4.87. The molecule has 19 heavy (non-hydrogen) atoms. The van der Waals surface area contributed by atoms with Gasteiger partial charge in [-0.2, -0.15) is 0 Å². The van der Waals surface area contributed by atoms with Crippen LogP contribution in [0.4, 0.5) is 5.69 Å². The Kier molecular flexibility index (Phi) is 4.07. The lowest BCUT2D eigenvalue weighted by atomic mass is 9.93. The van der Waals surface area contributed by atoms with Gasteiger partial charge in [0.2, 0.25) is 0 Å². The van der Waals surface area contributed by atoms with E-state index in [0.29, 0.717) is 6.04 Å². The van der Waals surface area contributed by atoms with Crippen molar-refractivity contribution in [3.63, 3.8) is 0 Å². The van der Waals surface area contributed by atoms with Gasteiger partial charge in [-0.05, 0) is 62.3 Å². The molecule has 1 saturated heterocycles. The Labute approximate surface area is 117 Å². The summed E-state index contributed by atoms with van der Waals surface area (Å²) < 4.78 is 0. The van der Waals surface area contributed by atoms with Crippen molar-refractivity contribution in [3.05, 3.63) is 29.8 Å². The molecule has 2 aliphatic rings. The second kappa shape index (κ2) is 5.96. The average Bonchev–Trinajstić information content (AvgIpc) is 3.09. The third kappa shape index (κ3) is 2.94. The summed E-state index contributed by atoms with van der Waals surface area (Å²) in [4.78, 5) is 0. The fourth-order valence-corrected chi connectivity index (χ4v) is 3.82. The molecule has 1 saturated carbocycles. The first-order valence-corrected chi connectivity index (χ1v) is 7.95. The van der Waals surface area contributed by atoms with E-state index in [1.807, 2.05) is 0 Å². The maximum Gasteiger partial charge on any atom is 0.0345 e. The third-order valence-corrected chi connectivity index (χ3v) is 4.87. The SMILES string of the molecule is CCc1cccc(NC2CCCC2C2CCCN2)c1. The van der Waals surface area contributed by atoms with Gasteiger partial charge in [-0.15, -0.1) is 0 Å². The second-order valence-electron chi connectivity index (χ2n) is 6.10. The zero-order chi connectivity index (χ0) is 13.1. The molecular weight excluding hydrogens is 232 g/mol. The summed E-state index contributed by atoms with van der Waals surface area (Å²) in [6.07, 6.45) is 7.96. The molecule has 2 heteroatoms. The molecule has 0 bridgehead atoms. The number of nitrogens with one attached hydrogen (secondary N) is 2. The van der Waals surface area contributed by atoms with Crippen LogP contribution in [0, 0.1) is 5.92 Å². The standard InChI is InChI=1S/C17H26N2/c1-2-13-6-3-7-14(12-13)19-17-9-4-8-15(17)16-10-5-11-18-16/h3,6-7,12,15-19H,2,4-5,8-11H2,1H3. The van der Waals surface area contributed by atoms with Crippen LogP contribution in [0.3, 0.4) is 0 Å². The monoisotopic (exact) mass is 258 g/mol. The van der Waals surface area contributed by atoms with E-state index in [0.717, 1.165) is 18.4 Å². The van der Waals surface area contributed by atoms with Gasteiger partial charge >= 0.3 is 0 Å². The van der Waals surface area contributed by atoms with Crippen LogP contribution in [0.5, 0.6) is 0 Å². The zero-order valence-corrected chi connectivity index (χ0v) is 12.0. The van der Waals surface area contributed by atoms with E-state index in [1.54, 1.807) is 0 Å². The minimum Gasteiger partial charge on any atom is -0.382 e. The topological polar surface area (TPSA) is 24.1 Å². The molecule has 2 N–H and O–H groups in total. The van der Waals surface area contributed by atoms with E-state index in [9.17, 15) is 0 Å². The molecule has 1 aromatic carbocycles. The highest BCUT2D eigenvalue weighted by Crippen LogP contribution is 2.34. The summed E-state index contributed by atoms with van der Waals surface area (Å²) in [7, 11) is 0. The van der Waals surface area contributed by atoms with Gasteiger partial charge in [-0.1, -0.05) is 25.5 Å². The molecule has 0 spiro atoms. The quantitative estimate of drug-likeness (QED) is 0.862. The van der Waals surface area contributed by atoms with Crippen molar-refractivity contribution in [3.8, 4) is 0 Å². The van der Waals surface area contributed by atoms with E-state index in [4.69, 9.17) is 0 Å². The van der Waals surface area contributed by atoms with Crippen molar-refractivity contribution >= 4 is 5.69 Å². The van der Waals surface area contributed by atoms with Crippen LogP contribution in [-0.4, -0.2) is 18.6 Å². The Morgan fingerprint density at radius 3 is 2.95 bits per heavy atom. The highest BCUT2D eigenvalue weighted by atomic mass is 15.0.